The highest BCUT2D eigenvalue weighted by molar-refractivity contribution is 6.31. The minimum atomic E-state index is -1.89. The first-order chi connectivity index (χ1) is 15.2. The van der Waals surface area contributed by atoms with Crippen LogP contribution in [-0.4, -0.2) is 64.2 Å². The van der Waals surface area contributed by atoms with Gasteiger partial charge in [-0.15, -0.1) is 0 Å². The van der Waals surface area contributed by atoms with Crippen molar-refractivity contribution >= 4 is 11.6 Å². The van der Waals surface area contributed by atoms with Crippen LogP contribution >= 0.6 is 11.6 Å². The highest BCUT2D eigenvalue weighted by Gasteiger charge is 2.67. The van der Waals surface area contributed by atoms with Gasteiger partial charge in [0.15, 0.2) is 11.6 Å². The van der Waals surface area contributed by atoms with Gasteiger partial charge in [0.05, 0.1) is 19.8 Å². The monoisotopic (exact) mass is 472 g/mol. The summed E-state index contributed by atoms with van der Waals surface area (Å²) in [4.78, 5) is 0. The predicted molar refractivity (Wildman–Crippen MR) is 108 cm³/mol. The quantitative estimate of drug-likeness (QED) is 0.506. The van der Waals surface area contributed by atoms with Crippen molar-refractivity contribution in [2.45, 2.75) is 43.0 Å². The molecule has 4 rings (SSSR count). The van der Waals surface area contributed by atoms with Crippen molar-refractivity contribution in [2.75, 3.05) is 19.8 Å². The number of fused-ring (bicyclic) bond motifs is 2. The predicted octanol–water partition coefficient (Wildman–Crippen LogP) is 1.63. The van der Waals surface area contributed by atoms with Gasteiger partial charge in [0.1, 0.15) is 23.9 Å². The van der Waals surface area contributed by atoms with Gasteiger partial charge in [0.25, 0.3) is 0 Å². The molecule has 5 atom stereocenters. The van der Waals surface area contributed by atoms with Crippen molar-refractivity contribution in [3.8, 4) is 5.75 Å². The molecule has 0 radical (unpaired) electrons. The third-order valence-electron chi connectivity index (χ3n) is 5.98. The number of rotatable bonds is 6. The Bertz CT molecular complexity index is 1020. The van der Waals surface area contributed by atoms with E-state index in [0.29, 0.717) is 5.56 Å². The molecule has 2 saturated heterocycles. The van der Waals surface area contributed by atoms with Crippen LogP contribution in [0.4, 0.5) is 8.78 Å². The number of halogens is 3. The van der Waals surface area contributed by atoms with E-state index in [9.17, 15) is 29.2 Å². The molecule has 2 aromatic carbocycles. The molecule has 7 nitrogen and oxygen atoms in total. The van der Waals surface area contributed by atoms with Gasteiger partial charge >= 0.3 is 0 Å². The first-order valence-electron chi connectivity index (χ1n) is 10.1. The zero-order valence-corrected chi connectivity index (χ0v) is 17.9. The van der Waals surface area contributed by atoms with Crippen LogP contribution in [0.15, 0.2) is 30.3 Å². The molecule has 32 heavy (non-hydrogen) atoms. The van der Waals surface area contributed by atoms with E-state index in [1.165, 1.54) is 30.3 Å². The van der Waals surface area contributed by atoms with Crippen molar-refractivity contribution in [1.29, 1.82) is 0 Å². The molecule has 2 fully saturated rings. The Morgan fingerprint density at radius 3 is 2.53 bits per heavy atom. The van der Waals surface area contributed by atoms with Crippen LogP contribution in [0.25, 0.3) is 0 Å². The Morgan fingerprint density at radius 2 is 1.84 bits per heavy atom. The van der Waals surface area contributed by atoms with Crippen LogP contribution < -0.4 is 4.74 Å². The Labute approximate surface area is 187 Å². The van der Waals surface area contributed by atoms with Gasteiger partial charge in [-0.2, -0.15) is 4.39 Å². The van der Waals surface area contributed by atoms with Crippen molar-refractivity contribution in [2.24, 2.45) is 0 Å². The fourth-order valence-electron chi connectivity index (χ4n) is 4.18. The molecule has 0 spiro atoms. The van der Waals surface area contributed by atoms with E-state index in [1.807, 2.05) is 0 Å². The summed E-state index contributed by atoms with van der Waals surface area (Å²) in [5, 5.41) is 41.3. The number of ether oxygens (including phenoxy) is 3. The van der Waals surface area contributed by atoms with Crippen LogP contribution in [-0.2, 0) is 21.7 Å². The summed E-state index contributed by atoms with van der Waals surface area (Å²) >= 11 is 6.29. The van der Waals surface area contributed by atoms with Gasteiger partial charge in [-0.1, -0.05) is 23.7 Å². The minimum Gasteiger partial charge on any atom is -0.491 e. The summed E-state index contributed by atoms with van der Waals surface area (Å²) in [5.41, 5.74) is -0.983. The highest BCUT2D eigenvalue weighted by atomic mass is 35.5. The highest BCUT2D eigenvalue weighted by Crippen LogP contribution is 2.49. The molecular weight excluding hydrogens is 450 g/mol. The smallest absolute Gasteiger partial charge is 0.225 e. The zero-order valence-electron chi connectivity index (χ0n) is 17.1. The maximum Gasteiger partial charge on any atom is 0.225 e. The summed E-state index contributed by atoms with van der Waals surface area (Å²) in [6, 6.07) is 7.16. The van der Waals surface area contributed by atoms with E-state index >= 15 is 0 Å². The fraction of sp³-hybridized carbons (Fsp3) is 0.455. The summed E-state index contributed by atoms with van der Waals surface area (Å²) in [6.07, 6.45) is -5.01. The van der Waals surface area contributed by atoms with Gasteiger partial charge in [-0.05, 0) is 36.2 Å². The standard InChI is InChI=1S/C22H23ClF2O7/c1-2-30-15-6-3-11(16(24)17(15)25)7-12-8-13(4-5-14(12)23)22-20(29)18(27)19(28)21(9-26,32-22)10-31-22/h3-6,8,18-20,26-29H,2,7,9-10H2,1H3/t18-,19-,20+,21?,22?/m0/s1. The summed E-state index contributed by atoms with van der Waals surface area (Å²) in [5.74, 6) is -4.26. The molecular formula is C22H23ClF2O7. The van der Waals surface area contributed by atoms with E-state index in [0.717, 1.165) is 0 Å². The molecule has 2 bridgehead atoms. The van der Waals surface area contributed by atoms with Crippen molar-refractivity contribution in [3.05, 3.63) is 63.7 Å². The number of aliphatic hydroxyl groups excluding tert-OH is 4. The van der Waals surface area contributed by atoms with Gasteiger partial charge in [-0.25, -0.2) is 4.39 Å². The van der Waals surface area contributed by atoms with Gasteiger partial charge < -0.3 is 34.6 Å². The van der Waals surface area contributed by atoms with E-state index in [1.54, 1.807) is 6.92 Å². The van der Waals surface area contributed by atoms with Crippen molar-refractivity contribution in [3.63, 3.8) is 0 Å². The zero-order chi connectivity index (χ0) is 23.3. The maximum absolute atomic E-state index is 14.6. The first kappa shape index (κ1) is 23.3. The van der Waals surface area contributed by atoms with Crippen LogP contribution in [0, 0.1) is 11.6 Å². The normalized spacial score (nSPS) is 31.7. The molecule has 10 heteroatoms. The summed E-state index contributed by atoms with van der Waals surface area (Å²) < 4.78 is 45.4. The second kappa shape index (κ2) is 8.49. The molecule has 0 aromatic heterocycles. The molecule has 2 heterocycles. The van der Waals surface area contributed by atoms with Gasteiger partial charge in [0.2, 0.25) is 11.6 Å². The van der Waals surface area contributed by atoms with E-state index in [4.69, 9.17) is 25.8 Å². The van der Waals surface area contributed by atoms with Crippen LogP contribution in [0.1, 0.15) is 23.6 Å². The molecule has 2 unspecified atom stereocenters. The van der Waals surface area contributed by atoms with Crippen LogP contribution in [0.3, 0.4) is 0 Å². The summed E-state index contributed by atoms with van der Waals surface area (Å²) in [7, 11) is 0. The van der Waals surface area contributed by atoms with Crippen molar-refractivity contribution < 1.29 is 43.4 Å². The third-order valence-corrected chi connectivity index (χ3v) is 6.35. The molecule has 2 aliphatic heterocycles. The largest absolute Gasteiger partial charge is 0.491 e. The SMILES string of the molecule is CCOc1ccc(Cc2cc(C34OCC(CO)(O3)[C@@H](O)[C@H](O)[C@H]4O)ccc2Cl)c(F)c1F. The average Bonchev–Trinajstić information content (AvgIpc) is 3.18. The lowest BCUT2D eigenvalue weighted by Gasteiger charge is -2.46. The first-order valence-corrected chi connectivity index (χ1v) is 10.4. The fourth-order valence-corrected chi connectivity index (χ4v) is 4.37. The lowest BCUT2D eigenvalue weighted by molar-refractivity contribution is -0.329. The van der Waals surface area contributed by atoms with Gasteiger partial charge in [0, 0.05) is 17.0 Å². The number of hydrogen-bond acceptors (Lipinski definition) is 7. The molecule has 0 saturated carbocycles. The molecule has 2 aliphatic rings. The molecule has 4 N–H and O–H groups in total. The Hall–Kier alpha value is -1.85. The van der Waals surface area contributed by atoms with Crippen molar-refractivity contribution in [1.82, 2.24) is 0 Å². The Morgan fingerprint density at radius 1 is 1.09 bits per heavy atom. The molecule has 2 aromatic rings. The van der Waals surface area contributed by atoms with Crippen LogP contribution in [0.2, 0.25) is 5.02 Å². The number of benzene rings is 2. The molecule has 0 amide bonds. The topological polar surface area (TPSA) is 109 Å². The third kappa shape index (κ3) is 3.49. The van der Waals surface area contributed by atoms with E-state index in [2.05, 4.69) is 0 Å². The minimum absolute atomic E-state index is 0.0279. The second-order valence-electron chi connectivity index (χ2n) is 7.93. The molecule has 174 valence electrons. The van der Waals surface area contributed by atoms with Crippen LogP contribution in [0.5, 0.6) is 5.75 Å². The van der Waals surface area contributed by atoms with E-state index in [-0.39, 0.29) is 41.5 Å². The lowest BCUT2D eigenvalue weighted by Crippen LogP contribution is -2.65. The number of hydrogen-bond donors (Lipinski definition) is 4. The second-order valence-corrected chi connectivity index (χ2v) is 8.34. The average molecular weight is 473 g/mol. The van der Waals surface area contributed by atoms with Gasteiger partial charge in [-0.3, -0.25) is 0 Å². The number of aliphatic hydroxyl groups is 4. The Kier molecular flexibility index (Phi) is 6.19. The lowest BCUT2D eigenvalue weighted by atomic mass is 9.83. The molecule has 0 aliphatic carbocycles. The maximum atomic E-state index is 14.6. The van der Waals surface area contributed by atoms with E-state index < -0.39 is 47.9 Å². The Balaban J connectivity index is 1.71. The summed E-state index contributed by atoms with van der Waals surface area (Å²) in [6.45, 7) is 0.903.